The van der Waals surface area contributed by atoms with Crippen LogP contribution in [0.1, 0.15) is 41.6 Å². The molecule has 0 amide bonds. The minimum absolute atomic E-state index is 0.201. The molecule has 3 fully saturated rings. The average Bonchev–Trinajstić information content (AvgIpc) is 2.39. The predicted octanol–water partition coefficient (Wildman–Crippen LogP) is 2.84. The molecule has 0 N–H and O–H groups in total. The molecule has 0 aliphatic carbocycles. The van der Waals surface area contributed by atoms with Crippen molar-refractivity contribution in [2.45, 2.75) is 25.7 Å². The number of rotatable bonds is 2. The molecule has 3 saturated heterocycles. The maximum absolute atomic E-state index is 13.9. The van der Waals surface area contributed by atoms with E-state index in [1.165, 1.54) is 32.9 Å². The number of ketones is 1. The number of hydrogen-bond donors (Lipinski definition) is 0. The van der Waals surface area contributed by atoms with E-state index >= 15 is 0 Å². The van der Waals surface area contributed by atoms with Gasteiger partial charge in [-0.1, -0.05) is 6.07 Å². The summed E-state index contributed by atoms with van der Waals surface area (Å²) in [5.41, 5.74) is 1.27. The highest BCUT2D eigenvalue weighted by Gasteiger charge is 2.35. The fraction of sp³-hybridized carbons (Fsp3) is 0.533. The van der Waals surface area contributed by atoms with Crippen LogP contribution in [0.3, 0.4) is 0 Å². The number of halogens is 1. The fourth-order valence-electron chi connectivity index (χ4n) is 3.39. The van der Waals surface area contributed by atoms with Crippen LogP contribution in [0.25, 0.3) is 0 Å². The summed E-state index contributed by atoms with van der Waals surface area (Å²) in [4.78, 5) is 13.7. The first-order valence-corrected chi connectivity index (χ1v) is 6.68. The van der Waals surface area contributed by atoms with Gasteiger partial charge in [0.05, 0.1) is 5.56 Å². The highest BCUT2D eigenvalue weighted by molar-refractivity contribution is 5.94. The maximum Gasteiger partial charge on any atom is 0.162 e. The van der Waals surface area contributed by atoms with Gasteiger partial charge < -0.3 is 4.90 Å². The van der Waals surface area contributed by atoms with Crippen LogP contribution < -0.4 is 0 Å². The highest BCUT2D eigenvalue weighted by Crippen LogP contribution is 2.39. The van der Waals surface area contributed by atoms with Crippen molar-refractivity contribution in [3.8, 4) is 0 Å². The Labute approximate surface area is 107 Å². The summed E-state index contributed by atoms with van der Waals surface area (Å²) in [5, 5.41) is 0. The number of carbonyl (C=O) groups excluding carboxylic acids is 1. The van der Waals surface area contributed by atoms with E-state index < -0.39 is 0 Å². The molecule has 0 radical (unpaired) electrons. The molecular formula is C15H18FNO. The summed E-state index contributed by atoms with van der Waals surface area (Å²) < 4.78 is 13.9. The molecule has 1 aromatic carbocycles. The van der Waals surface area contributed by atoms with Gasteiger partial charge in [0, 0.05) is 6.54 Å². The van der Waals surface area contributed by atoms with E-state index in [4.69, 9.17) is 0 Å². The van der Waals surface area contributed by atoms with Crippen molar-refractivity contribution in [3.63, 3.8) is 0 Å². The Morgan fingerprint density at radius 3 is 2.56 bits per heavy atom. The standard InChI is InChI=1S/C15H18FNO/c1-10(18)13-3-2-12(8-15(13)16)14-9-17-6-4-11(14)5-7-17/h2-3,8,11,14H,4-7,9H2,1H3. The van der Waals surface area contributed by atoms with Crippen molar-refractivity contribution in [2.75, 3.05) is 19.6 Å². The molecule has 1 unspecified atom stereocenters. The summed E-state index contributed by atoms with van der Waals surface area (Å²) in [6, 6.07) is 5.15. The van der Waals surface area contributed by atoms with Crippen LogP contribution in [0, 0.1) is 11.7 Å². The average molecular weight is 247 g/mol. The predicted molar refractivity (Wildman–Crippen MR) is 68.3 cm³/mol. The molecular weight excluding hydrogens is 229 g/mol. The second-order valence-electron chi connectivity index (χ2n) is 5.54. The summed E-state index contributed by atoms with van der Waals surface area (Å²) >= 11 is 0. The van der Waals surface area contributed by atoms with E-state index in [1.54, 1.807) is 12.1 Å². The molecule has 3 aliphatic rings. The van der Waals surface area contributed by atoms with Gasteiger partial charge in [0.15, 0.2) is 5.78 Å². The Hall–Kier alpha value is -1.22. The number of benzene rings is 1. The zero-order valence-electron chi connectivity index (χ0n) is 10.7. The molecule has 1 atom stereocenters. The summed E-state index contributed by atoms with van der Waals surface area (Å²) in [7, 11) is 0. The summed E-state index contributed by atoms with van der Waals surface area (Å²) in [5.74, 6) is 0.574. The van der Waals surface area contributed by atoms with Crippen LogP contribution in [-0.4, -0.2) is 30.3 Å². The molecule has 3 aliphatic heterocycles. The van der Waals surface area contributed by atoms with E-state index in [0.29, 0.717) is 11.8 Å². The summed E-state index contributed by atoms with van der Waals surface area (Å²) in [6.07, 6.45) is 2.45. The van der Waals surface area contributed by atoms with Gasteiger partial charge in [-0.2, -0.15) is 0 Å². The Balaban J connectivity index is 1.89. The SMILES string of the molecule is CC(=O)c1ccc(C2CN3CCC2CC3)cc1F. The van der Waals surface area contributed by atoms with Gasteiger partial charge >= 0.3 is 0 Å². The first kappa shape index (κ1) is 11.8. The number of Topliss-reactive ketones (excluding diaryl/α,β-unsaturated/α-hetero) is 1. The topological polar surface area (TPSA) is 20.3 Å². The Morgan fingerprint density at radius 2 is 2.06 bits per heavy atom. The lowest BCUT2D eigenvalue weighted by atomic mass is 9.75. The quantitative estimate of drug-likeness (QED) is 0.749. The van der Waals surface area contributed by atoms with Crippen LogP contribution in [-0.2, 0) is 0 Å². The zero-order chi connectivity index (χ0) is 12.7. The number of fused-ring (bicyclic) bond motifs is 3. The van der Waals surface area contributed by atoms with E-state index in [0.717, 1.165) is 12.1 Å². The van der Waals surface area contributed by atoms with E-state index in [2.05, 4.69) is 4.90 Å². The molecule has 4 rings (SSSR count). The minimum atomic E-state index is -0.364. The largest absolute Gasteiger partial charge is 0.303 e. The van der Waals surface area contributed by atoms with Crippen LogP contribution in [0.4, 0.5) is 4.39 Å². The number of hydrogen-bond acceptors (Lipinski definition) is 2. The van der Waals surface area contributed by atoms with Crippen molar-refractivity contribution in [1.82, 2.24) is 4.90 Å². The molecule has 96 valence electrons. The second kappa shape index (κ2) is 4.47. The first-order valence-electron chi connectivity index (χ1n) is 6.68. The molecule has 18 heavy (non-hydrogen) atoms. The third kappa shape index (κ3) is 1.97. The monoisotopic (exact) mass is 247 g/mol. The van der Waals surface area contributed by atoms with E-state index in [-0.39, 0.29) is 17.2 Å². The highest BCUT2D eigenvalue weighted by atomic mass is 19.1. The van der Waals surface area contributed by atoms with E-state index in [1.807, 2.05) is 6.07 Å². The second-order valence-corrected chi connectivity index (χ2v) is 5.54. The van der Waals surface area contributed by atoms with Crippen molar-refractivity contribution in [1.29, 1.82) is 0 Å². The fourth-order valence-corrected chi connectivity index (χ4v) is 3.39. The number of nitrogens with zero attached hydrogens (tertiary/aromatic N) is 1. The van der Waals surface area contributed by atoms with Crippen molar-refractivity contribution < 1.29 is 9.18 Å². The van der Waals surface area contributed by atoms with Gasteiger partial charge in [-0.25, -0.2) is 4.39 Å². The molecule has 0 aromatic heterocycles. The lowest BCUT2D eigenvalue weighted by Gasteiger charge is -2.45. The minimum Gasteiger partial charge on any atom is -0.303 e. The van der Waals surface area contributed by atoms with Crippen LogP contribution in [0.15, 0.2) is 18.2 Å². The van der Waals surface area contributed by atoms with Crippen LogP contribution >= 0.6 is 0 Å². The van der Waals surface area contributed by atoms with Crippen LogP contribution in [0.5, 0.6) is 0 Å². The molecule has 0 spiro atoms. The third-order valence-corrected chi connectivity index (χ3v) is 4.46. The molecule has 1 aromatic rings. The third-order valence-electron chi connectivity index (χ3n) is 4.46. The first-order chi connectivity index (χ1) is 8.65. The lowest BCUT2D eigenvalue weighted by Crippen LogP contribution is -2.46. The number of piperidine rings is 3. The lowest BCUT2D eigenvalue weighted by molar-refractivity contribution is 0.0869. The molecule has 0 saturated carbocycles. The maximum atomic E-state index is 13.9. The van der Waals surface area contributed by atoms with Crippen molar-refractivity contribution >= 4 is 5.78 Å². The Bertz CT molecular complexity index is 477. The molecule has 2 nitrogen and oxygen atoms in total. The van der Waals surface area contributed by atoms with E-state index in [9.17, 15) is 9.18 Å². The van der Waals surface area contributed by atoms with Gasteiger partial charge in [0.2, 0.25) is 0 Å². The van der Waals surface area contributed by atoms with Gasteiger partial charge in [-0.15, -0.1) is 0 Å². The number of carbonyl (C=O) groups is 1. The molecule has 3 heterocycles. The van der Waals surface area contributed by atoms with Gasteiger partial charge in [0.25, 0.3) is 0 Å². The normalized spacial score (nSPS) is 30.4. The smallest absolute Gasteiger partial charge is 0.162 e. The van der Waals surface area contributed by atoms with Gasteiger partial charge in [-0.3, -0.25) is 4.79 Å². The Kier molecular flexibility index (Phi) is 2.94. The summed E-state index contributed by atoms with van der Waals surface area (Å²) in [6.45, 7) is 4.83. The van der Waals surface area contributed by atoms with Gasteiger partial charge in [-0.05, 0) is 62.4 Å². The van der Waals surface area contributed by atoms with Crippen molar-refractivity contribution in [3.05, 3.63) is 35.1 Å². The molecule has 3 heteroatoms. The van der Waals surface area contributed by atoms with Gasteiger partial charge in [0.1, 0.15) is 5.82 Å². The zero-order valence-corrected chi connectivity index (χ0v) is 10.7. The molecule has 2 bridgehead atoms. The Morgan fingerprint density at radius 1 is 1.33 bits per heavy atom. The van der Waals surface area contributed by atoms with Crippen LogP contribution in [0.2, 0.25) is 0 Å². The van der Waals surface area contributed by atoms with Crippen molar-refractivity contribution in [2.24, 2.45) is 5.92 Å².